The monoisotopic (exact) mass is 326 g/mol. The van der Waals surface area contributed by atoms with Crippen molar-refractivity contribution in [1.82, 2.24) is 4.98 Å². The molecule has 23 heavy (non-hydrogen) atoms. The summed E-state index contributed by atoms with van der Waals surface area (Å²) in [6.07, 6.45) is 0. The third-order valence-electron chi connectivity index (χ3n) is 3.32. The highest BCUT2D eigenvalue weighted by Crippen LogP contribution is 2.31. The Balaban J connectivity index is 1.59. The topological polar surface area (TPSA) is 57.4 Å². The van der Waals surface area contributed by atoms with Crippen molar-refractivity contribution in [3.63, 3.8) is 0 Å². The van der Waals surface area contributed by atoms with Crippen LogP contribution in [0.1, 0.15) is 5.56 Å². The largest absolute Gasteiger partial charge is 0.490 e. The Morgan fingerprint density at radius 3 is 2.48 bits per heavy atom. The first kappa shape index (κ1) is 15.4. The van der Waals surface area contributed by atoms with E-state index in [0.29, 0.717) is 18.3 Å². The average molecular weight is 326 g/mol. The number of hydrogen-bond acceptors (Lipinski definition) is 5. The summed E-state index contributed by atoms with van der Waals surface area (Å²) in [7, 11) is 0. The number of thiazole rings is 1. The third kappa shape index (κ3) is 4.02. The van der Waals surface area contributed by atoms with E-state index in [9.17, 15) is 0 Å². The summed E-state index contributed by atoms with van der Waals surface area (Å²) in [4.78, 5) is 4.31. The fourth-order valence-electron chi connectivity index (χ4n) is 2.16. The summed E-state index contributed by atoms with van der Waals surface area (Å²) in [5.41, 5.74) is 8.70. The number of nitrogens with two attached hydrogens (primary N) is 1. The van der Waals surface area contributed by atoms with Gasteiger partial charge in [-0.25, -0.2) is 4.98 Å². The zero-order valence-electron chi connectivity index (χ0n) is 12.9. The highest BCUT2D eigenvalue weighted by molar-refractivity contribution is 7.13. The van der Waals surface area contributed by atoms with Crippen molar-refractivity contribution in [3.8, 4) is 22.8 Å². The van der Waals surface area contributed by atoms with Crippen molar-refractivity contribution in [2.45, 2.75) is 6.92 Å². The lowest BCUT2D eigenvalue weighted by atomic mass is 10.1. The molecule has 0 aliphatic carbocycles. The van der Waals surface area contributed by atoms with Crippen molar-refractivity contribution in [2.24, 2.45) is 0 Å². The van der Waals surface area contributed by atoms with Crippen LogP contribution in [0.2, 0.25) is 0 Å². The smallest absolute Gasteiger partial charge is 0.180 e. The summed E-state index contributed by atoms with van der Waals surface area (Å²) < 4.78 is 11.5. The Kier molecular flexibility index (Phi) is 4.78. The van der Waals surface area contributed by atoms with E-state index in [-0.39, 0.29) is 0 Å². The van der Waals surface area contributed by atoms with E-state index in [1.54, 1.807) is 0 Å². The van der Waals surface area contributed by atoms with Gasteiger partial charge in [-0.3, -0.25) is 0 Å². The first-order valence-electron chi connectivity index (χ1n) is 7.35. The minimum atomic E-state index is 0.463. The number of aryl methyl sites for hydroxylation is 1. The molecule has 0 saturated carbocycles. The Morgan fingerprint density at radius 2 is 1.74 bits per heavy atom. The Hall–Kier alpha value is -2.53. The molecule has 4 nitrogen and oxygen atoms in total. The van der Waals surface area contributed by atoms with Gasteiger partial charge in [0.15, 0.2) is 5.13 Å². The Bertz CT molecular complexity index is 769. The number of nitrogen functional groups attached to an aromatic ring is 1. The lowest BCUT2D eigenvalue weighted by Crippen LogP contribution is -2.09. The molecule has 0 bridgehead atoms. The molecule has 0 spiro atoms. The van der Waals surface area contributed by atoms with Crippen LogP contribution >= 0.6 is 11.3 Å². The van der Waals surface area contributed by atoms with Gasteiger partial charge < -0.3 is 15.2 Å². The molecule has 0 unspecified atom stereocenters. The molecule has 3 aromatic rings. The van der Waals surface area contributed by atoms with Crippen LogP contribution in [0, 0.1) is 6.92 Å². The number of benzene rings is 2. The maximum Gasteiger partial charge on any atom is 0.180 e. The summed E-state index contributed by atoms with van der Waals surface area (Å²) in [5.74, 6) is 1.63. The molecule has 0 atom stereocenters. The second-order valence-corrected chi connectivity index (χ2v) is 5.97. The van der Waals surface area contributed by atoms with Gasteiger partial charge in [-0.2, -0.15) is 0 Å². The Morgan fingerprint density at radius 1 is 1.00 bits per heavy atom. The third-order valence-corrected chi connectivity index (χ3v) is 3.99. The molecule has 5 heteroatoms. The average Bonchev–Trinajstić information content (AvgIpc) is 3.00. The molecular weight excluding hydrogens is 308 g/mol. The van der Waals surface area contributed by atoms with E-state index < -0.39 is 0 Å². The van der Waals surface area contributed by atoms with Crippen LogP contribution in [-0.2, 0) is 0 Å². The van der Waals surface area contributed by atoms with Crippen molar-refractivity contribution < 1.29 is 9.47 Å². The van der Waals surface area contributed by atoms with Gasteiger partial charge in [0.2, 0.25) is 0 Å². The number of anilines is 1. The van der Waals surface area contributed by atoms with Crippen molar-refractivity contribution >= 4 is 16.5 Å². The first-order chi connectivity index (χ1) is 11.2. The molecule has 0 amide bonds. The van der Waals surface area contributed by atoms with Crippen LogP contribution in [0.4, 0.5) is 5.13 Å². The molecule has 2 aromatic carbocycles. The molecular formula is C18H18N2O2S. The second kappa shape index (κ2) is 7.15. The van der Waals surface area contributed by atoms with E-state index in [2.05, 4.69) is 11.9 Å². The molecule has 0 aliphatic heterocycles. The molecule has 1 heterocycles. The maximum atomic E-state index is 5.85. The summed E-state index contributed by atoms with van der Waals surface area (Å²) in [5, 5.41) is 2.48. The number of aromatic nitrogens is 1. The predicted octanol–water partition coefficient (Wildman–Crippen LogP) is 4.16. The SMILES string of the molecule is Cc1ccc(OCCOc2ccccc2-c2csc(N)n2)cc1. The van der Waals surface area contributed by atoms with Gasteiger partial charge in [0.05, 0.1) is 5.69 Å². The molecule has 0 saturated heterocycles. The van der Waals surface area contributed by atoms with Crippen LogP contribution < -0.4 is 15.2 Å². The maximum absolute atomic E-state index is 5.85. The minimum Gasteiger partial charge on any atom is -0.490 e. The summed E-state index contributed by atoms with van der Waals surface area (Å²) >= 11 is 1.42. The van der Waals surface area contributed by atoms with Crippen LogP contribution in [0.15, 0.2) is 53.9 Å². The zero-order chi connectivity index (χ0) is 16.1. The number of ether oxygens (including phenoxy) is 2. The quantitative estimate of drug-likeness (QED) is 0.691. The molecule has 0 aliphatic rings. The van der Waals surface area contributed by atoms with Crippen LogP contribution in [0.5, 0.6) is 11.5 Å². The van der Waals surface area contributed by atoms with Crippen molar-refractivity contribution in [1.29, 1.82) is 0 Å². The van der Waals surface area contributed by atoms with Gasteiger partial charge in [0.1, 0.15) is 24.7 Å². The standard InChI is InChI=1S/C18H18N2O2S/c1-13-6-8-14(9-7-13)21-10-11-22-17-5-3-2-4-15(17)16-12-23-18(19)20-16/h2-9,12H,10-11H2,1H3,(H2,19,20). The van der Waals surface area contributed by atoms with Gasteiger partial charge in [-0.15, -0.1) is 11.3 Å². The fraction of sp³-hybridized carbons (Fsp3) is 0.167. The minimum absolute atomic E-state index is 0.463. The van der Waals surface area contributed by atoms with E-state index in [1.165, 1.54) is 16.9 Å². The van der Waals surface area contributed by atoms with Crippen LogP contribution in [0.25, 0.3) is 11.3 Å². The number of nitrogens with zero attached hydrogens (tertiary/aromatic N) is 1. The molecule has 3 rings (SSSR count). The van der Waals surface area contributed by atoms with Gasteiger partial charge in [0, 0.05) is 10.9 Å². The first-order valence-corrected chi connectivity index (χ1v) is 8.23. The normalized spacial score (nSPS) is 10.5. The molecule has 0 fully saturated rings. The molecule has 2 N–H and O–H groups in total. The second-order valence-electron chi connectivity index (χ2n) is 5.08. The van der Waals surface area contributed by atoms with Gasteiger partial charge >= 0.3 is 0 Å². The van der Waals surface area contributed by atoms with Gasteiger partial charge in [-0.05, 0) is 31.2 Å². The van der Waals surface area contributed by atoms with E-state index >= 15 is 0 Å². The number of hydrogen-bond donors (Lipinski definition) is 1. The van der Waals surface area contributed by atoms with E-state index in [1.807, 2.05) is 53.9 Å². The molecule has 118 valence electrons. The predicted molar refractivity (Wildman–Crippen MR) is 94.1 cm³/mol. The van der Waals surface area contributed by atoms with Gasteiger partial charge in [0.25, 0.3) is 0 Å². The number of rotatable bonds is 6. The molecule has 0 radical (unpaired) electrons. The highest BCUT2D eigenvalue weighted by atomic mass is 32.1. The molecule has 1 aromatic heterocycles. The number of para-hydroxylation sites is 1. The summed E-state index contributed by atoms with van der Waals surface area (Å²) in [6.45, 7) is 3.00. The van der Waals surface area contributed by atoms with Crippen molar-refractivity contribution in [2.75, 3.05) is 18.9 Å². The van der Waals surface area contributed by atoms with E-state index in [0.717, 1.165) is 22.8 Å². The van der Waals surface area contributed by atoms with Crippen LogP contribution in [0.3, 0.4) is 0 Å². The van der Waals surface area contributed by atoms with E-state index in [4.69, 9.17) is 15.2 Å². The lowest BCUT2D eigenvalue weighted by molar-refractivity contribution is 0.217. The Labute approximate surface area is 139 Å². The highest BCUT2D eigenvalue weighted by Gasteiger charge is 2.09. The van der Waals surface area contributed by atoms with Crippen molar-refractivity contribution in [3.05, 3.63) is 59.5 Å². The lowest BCUT2D eigenvalue weighted by Gasteiger charge is -2.11. The summed E-state index contributed by atoms with van der Waals surface area (Å²) in [6, 6.07) is 15.8. The van der Waals surface area contributed by atoms with Crippen LogP contribution in [-0.4, -0.2) is 18.2 Å². The van der Waals surface area contributed by atoms with Gasteiger partial charge in [-0.1, -0.05) is 29.8 Å². The fourth-order valence-corrected chi connectivity index (χ4v) is 2.72. The zero-order valence-corrected chi connectivity index (χ0v) is 13.7.